The van der Waals surface area contributed by atoms with Crippen molar-refractivity contribution in [1.29, 1.82) is 0 Å². The van der Waals surface area contributed by atoms with Crippen LogP contribution in [0.25, 0.3) is 0 Å². The molecule has 0 amide bonds. The standard InChI is InChI=1S/C21H31F5O/c1-2-3-4-5-6-16-7-9-17(10-8-16)18-11-13-19(14-12-18)27-21(25,26)20(23,24)15-22/h11-13,16-17,19H,2-10,14-15H2,1H3/t16-,17-,19?. The van der Waals surface area contributed by atoms with Crippen molar-refractivity contribution < 1.29 is 26.7 Å². The minimum Gasteiger partial charge on any atom is -0.308 e. The molecule has 1 nitrogen and oxygen atoms in total. The Morgan fingerprint density at radius 2 is 1.74 bits per heavy atom. The molecule has 156 valence electrons. The SMILES string of the molecule is CCCCCC[C@H]1CC[C@H](C2=CCC(OC(F)(F)C(F)(F)CF)C=C2)CC1. The van der Waals surface area contributed by atoms with Crippen molar-refractivity contribution in [3.63, 3.8) is 0 Å². The monoisotopic (exact) mass is 394 g/mol. The molecule has 1 unspecified atom stereocenters. The van der Waals surface area contributed by atoms with Crippen LogP contribution in [-0.2, 0) is 4.74 Å². The first-order valence-corrected chi connectivity index (χ1v) is 10.2. The molecule has 2 aliphatic rings. The van der Waals surface area contributed by atoms with Crippen molar-refractivity contribution in [2.24, 2.45) is 11.8 Å². The lowest BCUT2D eigenvalue weighted by atomic mass is 9.76. The quantitative estimate of drug-likeness (QED) is 0.280. The van der Waals surface area contributed by atoms with Gasteiger partial charge in [-0.3, -0.25) is 0 Å². The highest BCUT2D eigenvalue weighted by molar-refractivity contribution is 5.27. The van der Waals surface area contributed by atoms with E-state index in [0.29, 0.717) is 5.92 Å². The number of alkyl halides is 5. The van der Waals surface area contributed by atoms with Crippen LogP contribution in [0.4, 0.5) is 22.0 Å². The highest BCUT2D eigenvalue weighted by atomic mass is 19.3. The first kappa shape index (κ1) is 22.4. The van der Waals surface area contributed by atoms with Gasteiger partial charge in [-0.05, 0) is 49.5 Å². The molecular formula is C21H31F5O. The molecule has 0 spiro atoms. The van der Waals surface area contributed by atoms with Gasteiger partial charge < -0.3 is 4.74 Å². The van der Waals surface area contributed by atoms with E-state index in [1.54, 1.807) is 12.2 Å². The summed E-state index contributed by atoms with van der Waals surface area (Å²) < 4.78 is 68.9. The van der Waals surface area contributed by atoms with Crippen molar-refractivity contribution in [3.05, 3.63) is 23.8 Å². The van der Waals surface area contributed by atoms with Crippen LogP contribution < -0.4 is 0 Å². The van der Waals surface area contributed by atoms with Crippen LogP contribution in [0.3, 0.4) is 0 Å². The zero-order valence-electron chi connectivity index (χ0n) is 16.0. The molecule has 2 aliphatic carbocycles. The van der Waals surface area contributed by atoms with E-state index in [1.807, 2.05) is 0 Å². The largest absolute Gasteiger partial charge is 0.422 e. The van der Waals surface area contributed by atoms with Gasteiger partial charge in [0.25, 0.3) is 0 Å². The Kier molecular flexibility index (Phi) is 8.32. The van der Waals surface area contributed by atoms with Crippen molar-refractivity contribution in [2.45, 2.75) is 89.3 Å². The maximum Gasteiger partial charge on any atom is 0.422 e. The fourth-order valence-corrected chi connectivity index (χ4v) is 4.01. The summed E-state index contributed by atoms with van der Waals surface area (Å²) in [6.07, 6.45) is 10.0. The molecule has 2 rings (SSSR count). The average molecular weight is 394 g/mol. The summed E-state index contributed by atoms with van der Waals surface area (Å²) in [6.45, 7) is -0.237. The van der Waals surface area contributed by atoms with E-state index >= 15 is 0 Å². The van der Waals surface area contributed by atoms with E-state index in [4.69, 9.17) is 0 Å². The fraction of sp³-hybridized carbons (Fsp3) is 0.810. The number of rotatable bonds is 10. The summed E-state index contributed by atoms with van der Waals surface area (Å²) in [5.41, 5.74) is 1.08. The van der Waals surface area contributed by atoms with Crippen LogP contribution in [0.15, 0.2) is 23.8 Å². The second kappa shape index (κ2) is 10.0. The summed E-state index contributed by atoms with van der Waals surface area (Å²) in [7, 11) is 0. The molecule has 0 aromatic heterocycles. The van der Waals surface area contributed by atoms with Gasteiger partial charge in [-0.15, -0.1) is 0 Å². The van der Waals surface area contributed by atoms with Crippen LogP contribution in [0.2, 0.25) is 0 Å². The van der Waals surface area contributed by atoms with E-state index in [-0.39, 0.29) is 6.42 Å². The first-order valence-electron chi connectivity index (χ1n) is 10.2. The van der Waals surface area contributed by atoms with Gasteiger partial charge in [0.1, 0.15) is 0 Å². The van der Waals surface area contributed by atoms with Crippen molar-refractivity contribution >= 4 is 0 Å². The maximum absolute atomic E-state index is 13.4. The smallest absolute Gasteiger partial charge is 0.308 e. The third-order valence-electron chi connectivity index (χ3n) is 5.77. The summed E-state index contributed by atoms with van der Waals surface area (Å²) in [4.78, 5) is 0. The molecule has 0 aromatic rings. The topological polar surface area (TPSA) is 9.23 Å². The molecule has 0 heterocycles. The van der Waals surface area contributed by atoms with Gasteiger partial charge in [0, 0.05) is 0 Å². The highest BCUT2D eigenvalue weighted by Crippen LogP contribution is 2.40. The predicted molar refractivity (Wildman–Crippen MR) is 96.8 cm³/mol. The lowest BCUT2D eigenvalue weighted by Crippen LogP contribution is -2.46. The summed E-state index contributed by atoms with van der Waals surface area (Å²) in [6, 6.07) is 0. The zero-order chi connectivity index (χ0) is 19.9. The average Bonchev–Trinajstić information content (AvgIpc) is 2.66. The summed E-state index contributed by atoms with van der Waals surface area (Å²) >= 11 is 0. The molecule has 6 heteroatoms. The Morgan fingerprint density at radius 1 is 1.04 bits per heavy atom. The Balaban J connectivity index is 1.76. The van der Waals surface area contributed by atoms with Gasteiger partial charge >= 0.3 is 12.0 Å². The number of unbranched alkanes of at least 4 members (excludes halogenated alkanes) is 3. The molecule has 0 N–H and O–H groups in total. The molecule has 0 bridgehead atoms. The second-order valence-corrected chi connectivity index (χ2v) is 7.88. The molecule has 1 fully saturated rings. The number of allylic oxidation sites excluding steroid dienone is 2. The van der Waals surface area contributed by atoms with Gasteiger partial charge in [0.05, 0.1) is 6.10 Å². The lowest BCUT2D eigenvalue weighted by Gasteiger charge is -2.32. The molecule has 27 heavy (non-hydrogen) atoms. The molecule has 1 saturated carbocycles. The normalized spacial score (nSPS) is 26.9. The van der Waals surface area contributed by atoms with Crippen molar-refractivity contribution in [1.82, 2.24) is 0 Å². The van der Waals surface area contributed by atoms with Gasteiger partial charge in [-0.1, -0.05) is 57.3 Å². The van der Waals surface area contributed by atoms with E-state index in [0.717, 1.165) is 24.3 Å². The summed E-state index contributed by atoms with van der Waals surface area (Å²) in [5.74, 6) is -3.62. The minimum absolute atomic E-state index is 0.112. The number of hydrogen-bond acceptors (Lipinski definition) is 1. The van der Waals surface area contributed by atoms with E-state index in [1.165, 1.54) is 51.0 Å². The van der Waals surface area contributed by atoms with Crippen LogP contribution in [0.1, 0.15) is 71.1 Å². The second-order valence-electron chi connectivity index (χ2n) is 7.88. The Bertz CT molecular complexity index is 507. The van der Waals surface area contributed by atoms with Crippen LogP contribution >= 0.6 is 0 Å². The van der Waals surface area contributed by atoms with Crippen LogP contribution in [0, 0.1) is 11.8 Å². The number of ether oxygens (including phenoxy) is 1. The molecule has 0 saturated heterocycles. The van der Waals surface area contributed by atoms with Crippen molar-refractivity contribution in [2.75, 3.05) is 6.67 Å². The van der Waals surface area contributed by atoms with E-state index in [9.17, 15) is 22.0 Å². The zero-order valence-corrected chi connectivity index (χ0v) is 16.0. The van der Waals surface area contributed by atoms with Crippen LogP contribution in [0.5, 0.6) is 0 Å². The maximum atomic E-state index is 13.4. The minimum atomic E-state index is -4.81. The molecule has 0 aromatic carbocycles. The third kappa shape index (κ3) is 6.30. The molecular weight excluding hydrogens is 363 g/mol. The molecule has 0 aliphatic heterocycles. The predicted octanol–water partition coefficient (Wildman–Crippen LogP) is 7.23. The van der Waals surface area contributed by atoms with Gasteiger partial charge in [0.15, 0.2) is 6.67 Å². The summed E-state index contributed by atoms with van der Waals surface area (Å²) in [5, 5.41) is 0. The third-order valence-corrected chi connectivity index (χ3v) is 5.77. The first-order chi connectivity index (χ1) is 12.8. The Morgan fingerprint density at radius 3 is 2.30 bits per heavy atom. The number of halogens is 5. The molecule has 1 atom stereocenters. The van der Waals surface area contributed by atoms with E-state index in [2.05, 4.69) is 11.7 Å². The fourth-order valence-electron chi connectivity index (χ4n) is 4.01. The van der Waals surface area contributed by atoms with Crippen LogP contribution in [-0.4, -0.2) is 24.8 Å². The Hall–Kier alpha value is -0.910. The Labute approximate surface area is 159 Å². The number of hydrogen-bond donors (Lipinski definition) is 0. The van der Waals surface area contributed by atoms with Gasteiger partial charge in [0.2, 0.25) is 0 Å². The van der Waals surface area contributed by atoms with E-state index < -0.39 is 24.8 Å². The lowest BCUT2D eigenvalue weighted by molar-refractivity contribution is -0.358. The van der Waals surface area contributed by atoms with Crippen molar-refractivity contribution in [3.8, 4) is 0 Å². The van der Waals surface area contributed by atoms with Gasteiger partial charge in [-0.2, -0.15) is 17.6 Å². The van der Waals surface area contributed by atoms with Gasteiger partial charge in [-0.25, -0.2) is 4.39 Å². The highest BCUT2D eigenvalue weighted by Gasteiger charge is 2.59. The molecule has 0 radical (unpaired) electrons.